The van der Waals surface area contributed by atoms with Gasteiger partial charge in [-0.2, -0.15) is 0 Å². The Hall–Kier alpha value is -1.55. The van der Waals surface area contributed by atoms with Crippen molar-refractivity contribution in [3.8, 4) is 5.75 Å². The van der Waals surface area contributed by atoms with Gasteiger partial charge in [0.05, 0.1) is 5.56 Å². The van der Waals surface area contributed by atoms with Crippen LogP contribution in [0.5, 0.6) is 5.75 Å². The highest BCUT2D eigenvalue weighted by atomic mass is 16.3. The molecule has 2 fully saturated rings. The minimum Gasteiger partial charge on any atom is -0.507 e. The monoisotopic (exact) mass is 274 g/mol. The maximum absolute atomic E-state index is 12.5. The van der Waals surface area contributed by atoms with Crippen LogP contribution in [0.4, 0.5) is 0 Å². The van der Waals surface area contributed by atoms with Crippen LogP contribution < -0.4 is 5.73 Å². The van der Waals surface area contributed by atoms with E-state index in [1.165, 1.54) is 0 Å². The van der Waals surface area contributed by atoms with E-state index in [-0.39, 0.29) is 11.7 Å². The number of nitrogens with two attached hydrogens (primary N) is 1. The molecular formula is C16H22N2O2. The minimum atomic E-state index is -0.0505. The third-order valence-electron chi connectivity index (χ3n) is 4.76. The van der Waals surface area contributed by atoms with Crippen LogP contribution >= 0.6 is 0 Å². The summed E-state index contributed by atoms with van der Waals surface area (Å²) in [7, 11) is 0. The maximum Gasteiger partial charge on any atom is 0.257 e. The number of phenolic OH excluding ortho intramolecular Hbond substituents is 1. The zero-order valence-corrected chi connectivity index (χ0v) is 11.9. The molecule has 20 heavy (non-hydrogen) atoms. The first-order valence-corrected chi connectivity index (χ1v) is 7.39. The quantitative estimate of drug-likeness (QED) is 0.822. The molecule has 1 unspecified atom stereocenters. The summed E-state index contributed by atoms with van der Waals surface area (Å²) in [6.07, 6.45) is 3.21. The van der Waals surface area contributed by atoms with Crippen molar-refractivity contribution in [2.75, 3.05) is 13.1 Å². The predicted octanol–water partition coefficient (Wildman–Crippen LogP) is 1.90. The first kappa shape index (κ1) is 13.4. The number of hydrogen-bond donors (Lipinski definition) is 2. The molecule has 3 rings (SSSR count). The van der Waals surface area contributed by atoms with Crippen molar-refractivity contribution >= 4 is 5.91 Å². The molecule has 0 aromatic heterocycles. The minimum absolute atomic E-state index is 0.0505. The van der Waals surface area contributed by atoms with Crippen molar-refractivity contribution < 1.29 is 9.90 Å². The Morgan fingerprint density at radius 2 is 2.05 bits per heavy atom. The van der Waals surface area contributed by atoms with Gasteiger partial charge in [0, 0.05) is 19.1 Å². The number of aromatic hydroxyl groups is 1. The van der Waals surface area contributed by atoms with Crippen LogP contribution in [0.1, 0.15) is 35.2 Å². The summed E-state index contributed by atoms with van der Waals surface area (Å²) in [5, 5.41) is 9.96. The Bertz CT molecular complexity index is 529. The van der Waals surface area contributed by atoms with Crippen molar-refractivity contribution in [2.24, 2.45) is 17.6 Å². The molecule has 4 heteroatoms. The number of aryl methyl sites for hydroxylation is 1. The SMILES string of the molecule is Cc1ccc(C(=O)N2C[C@H]3CCC(N)C[C@H]3C2)c(O)c1. The van der Waals surface area contributed by atoms with E-state index in [1.54, 1.807) is 12.1 Å². The Morgan fingerprint density at radius 3 is 2.80 bits per heavy atom. The standard InChI is InChI=1S/C16H22N2O2/c1-10-2-5-14(15(19)6-10)16(20)18-8-11-3-4-13(17)7-12(11)9-18/h2,5-6,11-13,19H,3-4,7-9,17H2,1H3/t11-,12+,13?/m1/s1. The molecule has 1 aromatic carbocycles. The lowest BCUT2D eigenvalue weighted by Crippen LogP contribution is -2.32. The molecule has 1 heterocycles. The summed E-state index contributed by atoms with van der Waals surface area (Å²) in [5.41, 5.74) is 7.39. The van der Waals surface area contributed by atoms with E-state index in [9.17, 15) is 9.90 Å². The van der Waals surface area contributed by atoms with Gasteiger partial charge in [0.1, 0.15) is 5.75 Å². The maximum atomic E-state index is 12.5. The Kier molecular flexibility index (Phi) is 3.42. The second-order valence-corrected chi connectivity index (χ2v) is 6.32. The van der Waals surface area contributed by atoms with Crippen molar-refractivity contribution in [1.82, 2.24) is 4.90 Å². The molecule has 1 aliphatic carbocycles. The van der Waals surface area contributed by atoms with Gasteiger partial charge >= 0.3 is 0 Å². The Labute approximate surface area is 119 Å². The number of likely N-dealkylation sites (tertiary alicyclic amines) is 1. The van der Waals surface area contributed by atoms with E-state index >= 15 is 0 Å². The fourth-order valence-corrected chi connectivity index (χ4v) is 3.63. The molecule has 0 spiro atoms. The molecule has 1 aliphatic heterocycles. The molecule has 1 aromatic rings. The third kappa shape index (κ3) is 2.40. The van der Waals surface area contributed by atoms with Gasteiger partial charge in [0.2, 0.25) is 0 Å². The summed E-state index contributed by atoms with van der Waals surface area (Å²) in [6.45, 7) is 3.49. The van der Waals surface area contributed by atoms with Gasteiger partial charge in [0.15, 0.2) is 0 Å². The van der Waals surface area contributed by atoms with Crippen LogP contribution in [0.25, 0.3) is 0 Å². The summed E-state index contributed by atoms with van der Waals surface area (Å²) in [5.74, 6) is 1.16. The molecule has 0 radical (unpaired) electrons. The zero-order valence-electron chi connectivity index (χ0n) is 11.9. The van der Waals surface area contributed by atoms with Crippen LogP contribution in [0.3, 0.4) is 0 Å². The van der Waals surface area contributed by atoms with Gasteiger partial charge in [-0.3, -0.25) is 4.79 Å². The normalized spacial score (nSPS) is 29.3. The number of nitrogens with zero attached hydrogens (tertiary/aromatic N) is 1. The second kappa shape index (κ2) is 5.09. The van der Waals surface area contributed by atoms with Crippen LogP contribution in [0, 0.1) is 18.8 Å². The fourth-order valence-electron chi connectivity index (χ4n) is 3.63. The number of phenols is 1. The van der Waals surface area contributed by atoms with Gasteiger partial charge in [0.25, 0.3) is 5.91 Å². The number of carbonyl (C=O) groups excluding carboxylic acids is 1. The molecule has 4 nitrogen and oxygen atoms in total. The fraction of sp³-hybridized carbons (Fsp3) is 0.562. The lowest BCUT2D eigenvalue weighted by Gasteiger charge is -2.27. The van der Waals surface area contributed by atoms with Crippen LogP contribution in [0.15, 0.2) is 18.2 Å². The largest absolute Gasteiger partial charge is 0.507 e. The van der Waals surface area contributed by atoms with Crippen molar-refractivity contribution in [1.29, 1.82) is 0 Å². The number of hydrogen-bond acceptors (Lipinski definition) is 3. The molecule has 0 bridgehead atoms. The third-order valence-corrected chi connectivity index (χ3v) is 4.76. The number of amides is 1. The second-order valence-electron chi connectivity index (χ2n) is 6.32. The topological polar surface area (TPSA) is 66.6 Å². The highest BCUT2D eigenvalue weighted by Crippen LogP contribution is 2.36. The van der Waals surface area contributed by atoms with Crippen molar-refractivity contribution in [3.05, 3.63) is 29.3 Å². The van der Waals surface area contributed by atoms with Crippen molar-refractivity contribution in [3.63, 3.8) is 0 Å². The lowest BCUT2D eigenvalue weighted by molar-refractivity contribution is 0.0781. The average molecular weight is 274 g/mol. The molecular weight excluding hydrogens is 252 g/mol. The van der Waals surface area contributed by atoms with Gasteiger partial charge in [-0.05, 0) is 55.7 Å². The number of benzene rings is 1. The smallest absolute Gasteiger partial charge is 0.257 e. The molecule has 1 saturated carbocycles. The van der Waals surface area contributed by atoms with E-state index in [0.29, 0.717) is 23.4 Å². The molecule has 108 valence electrons. The highest BCUT2D eigenvalue weighted by molar-refractivity contribution is 5.97. The predicted molar refractivity (Wildman–Crippen MR) is 77.6 cm³/mol. The van der Waals surface area contributed by atoms with E-state index in [0.717, 1.165) is 37.9 Å². The summed E-state index contributed by atoms with van der Waals surface area (Å²) in [6, 6.07) is 5.53. The zero-order chi connectivity index (χ0) is 14.3. The average Bonchev–Trinajstić information content (AvgIpc) is 2.81. The lowest BCUT2D eigenvalue weighted by atomic mass is 9.79. The first-order valence-electron chi connectivity index (χ1n) is 7.39. The van der Waals surface area contributed by atoms with E-state index in [1.807, 2.05) is 17.9 Å². The molecule has 1 saturated heterocycles. The molecule has 1 amide bonds. The molecule has 2 aliphatic rings. The van der Waals surface area contributed by atoms with E-state index < -0.39 is 0 Å². The van der Waals surface area contributed by atoms with E-state index in [4.69, 9.17) is 5.73 Å². The molecule has 3 N–H and O–H groups in total. The number of carbonyl (C=O) groups is 1. The highest BCUT2D eigenvalue weighted by Gasteiger charge is 2.39. The van der Waals surface area contributed by atoms with E-state index in [2.05, 4.69) is 0 Å². The van der Waals surface area contributed by atoms with Gasteiger partial charge in [-0.1, -0.05) is 6.07 Å². The summed E-state index contributed by atoms with van der Waals surface area (Å²) >= 11 is 0. The van der Waals surface area contributed by atoms with Crippen molar-refractivity contribution in [2.45, 2.75) is 32.2 Å². The Morgan fingerprint density at radius 1 is 1.30 bits per heavy atom. The number of fused-ring (bicyclic) bond motifs is 1. The van der Waals surface area contributed by atoms with Crippen LogP contribution in [-0.2, 0) is 0 Å². The van der Waals surface area contributed by atoms with Gasteiger partial charge in [-0.25, -0.2) is 0 Å². The summed E-state index contributed by atoms with van der Waals surface area (Å²) in [4.78, 5) is 14.4. The number of rotatable bonds is 1. The summed E-state index contributed by atoms with van der Waals surface area (Å²) < 4.78 is 0. The van der Waals surface area contributed by atoms with Gasteiger partial charge < -0.3 is 15.7 Å². The van der Waals surface area contributed by atoms with Crippen LogP contribution in [-0.4, -0.2) is 35.0 Å². The van der Waals surface area contributed by atoms with Crippen LogP contribution in [0.2, 0.25) is 0 Å². The van der Waals surface area contributed by atoms with Gasteiger partial charge in [-0.15, -0.1) is 0 Å². The Balaban J connectivity index is 1.75. The first-order chi connectivity index (χ1) is 9.54. The molecule has 3 atom stereocenters.